The third kappa shape index (κ3) is 3.90. The van der Waals surface area contributed by atoms with Crippen LogP contribution in [0.25, 0.3) is 11.3 Å². The lowest BCUT2D eigenvalue weighted by molar-refractivity contribution is 0.425. The van der Waals surface area contributed by atoms with Crippen LogP contribution in [-0.2, 0) is 6.42 Å². The minimum atomic E-state index is -0.590. The van der Waals surface area contributed by atoms with E-state index in [0.717, 1.165) is 11.3 Å². The molecule has 140 valence electrons. The van der Waals surface area contributed by atoms with E-state index < -0.39 is 5.95 Å². The molecule has 0 amide bonds. The Morgan fingerprint density at radius 1 is 0.964 bits per heavy atom. The maximum atomic E-state index is 13.1. The van der Waals surface area contributed by atoms with Crippen LogP contribution in [0.5, 0.6) is 11.6 Å². The molecule has 4 aromatic rings. The highest BCUT2D eigenvalue weighted by Gasteiger charge is 2.12. The summed E-state index contributed by atoms with van der Waals surface area (Å²) in [5.74, 6) is 1.32. The van der Waals surface area contributed by atoms with Crippen LogP contribution in [0.2, 0.25) is 0 Å². The van der Waals surface area contributed by atoms with Gasteiger partial charge in [-0.25, -0.2) is 4.98 Å². The molecule has 3 aromatic heterocycles. The van der Waals surface area contributed by atoms with Crippen molar-refractivity contribution < 1.29 is 13.7 Å². The van der Waals surface area contributed by atoms with Crippen LogP contribution in [0.3, 0.4) is 0 Å². The van der Waals surface area contributed by atoms with Gasteiger partial charge in [-0.3, -0.25) is 0 Å². The molecule has 0 radical (unpaired) electrons. The van der Waals surface area contributed by atoms with Crippen molar-refractivity contribution in [1.82, 2.24) is 15.1 Å². The molecule has 1 aromatic carbocycles. The third-order valence-electron chi connectivity index (χ3n) is 3.99. The fraction of sp³-hybridized carbons (Fsp3) is 0.0500. The second-order valence-corrected chi connectivity index (χ2v) is 6.07. The molecule has 7 nitrogen and oxygen atoms in total. The quantitative estimate of drug-likeness (QED) is 0.508. The smallest absolute Gasteiger partial charge is 0.221 e. The largest absolute Gasteiger partial charge is 0.439 e. The zero-order chi connectivity index (χ0) is 19.5. The first-order valence-electron chi connectivity index (χ1n) is 8.44. The maximum Gasteiger partial charge on any atom is 0.221 e. The van der Waals surface area contributed by atoms with E-state index in [1.165, 1.54) is 12.1 Å². The standard InChI is InChI=1S/C20H16FN5O2/c21-17-2-1-3-19(24-17)27-14-6-4-12(5-7-14)10-13-11-16(28-26-13)15-8-9-18(22)25-20(15)23/h1-9,11H,10H2,(H4,22,23,25). The summed E-state index contributed by atoms with van der Waals surface area (Å²) in [6.07, 6.45) is 0.560. The summed E-state index contributed by atoms with van der Waals surface area (Å²) < 4.78 is 24.0. The first-order valence-corrected chi connectivity index (χ1v) is 8.44. The Hall–Kier alpha value is -3.94. The molecule has 4 N–H and O–H groups in total. The van der Waals surface area contributed by atoms with Gasteiger partial charge in [0.15, 0.2) is 5.76 Å². The van der Waals surface area contributed by atoms with Gasteiger partial charge < -0.3 is 20.7 Å². The minimum absolute atomic E-state index is 0.198. The molecule has 28 heavy (non-hydrogen) atoms. The topological polar surface area (TPSA) is 113 Å². The minimum Gasteiger partial charge on any atom is -0.439 e. The number of nitrogens with two attached hydrogens (primary N) is 2. The lowest BCUT2D eigenvalue weighted by Crippen LogP contribution is -1.97. The van der Waals surface area contributed by atoms with Gasteiger partial charge in [0.05, 0.1) is 11.3 Å². The monoisotopic (exact) mass is 377 g/mol. The molecular weight excluding hydrogens is 361 g/mol. The summed E-state index contributed by atoms with van der Waals surface area (Å²) in [6, 6.07) is 16.9. The number of anilines is 2. The summed E-state index contributed by atoms with van der Waals surface area (Å²) in [5.41, 5.74) is 13.9. The van der Waals surface area contributed by atoms with E-state index in [4.69, 9.17) is 20.7 Å². The average molecular weight is 377 g/mol. The molecule has 0 saturated heterocycles. The third-order valence-corrected chi connectivity index (χ3v) is 3.99. The van der Waals surface area contributed by atoms with Crippen LogP contribution in [0.4, 0.5) is 16.0 Å². The maximum absolute atomic E-state index is 13.1. The van der Waals surface area contributed by atoms with Gasteiger partial charge in [0.25, 0.3) is 0 Å². The summed E-state index contributed by atoms with van der Waals surface area (Å²) in [4.78, 5) is 7.69. The molecule has 8 heteroatoms. The molecule has 0 unspecified atom stereocenters. The predicted molar refractivity (Wildman–Crippen MR) is 102 cm³/mol. The molecule has 3 heterocycles. The molecule has 0 spiro atoms. The molecule has 0 aliphatic heterocycles. The first-order chi connectivity index (χ1) is 13.6. The van der Waals surface area contributed by atoms with Crippen molar-refractivity contribution in [3.05, 3.63) is 77.9 Å². The van der Waals surface area contributed by atoms with E-state index >= 15 is 0 Å². The molecule has 0 fully saturated rings. The van der Waals surface area contributed by atoms with E-state index in [9.17, 15) is 4.39 Å². The van der Waals surface area contributed by atoms with Crippen LogP contribution in [0, 0.1) is 5.95 Å². The number of nitrogen functional groups attached to an aromatic ring is 2. The van der Waals surface area contributed by atoms with Crippen molar-refractivity contribution in [1.29, 1.82) is 0 Å². The van der Waals surface area contributed by atoms with Crippen molar-refractivity contribution in [2.24, 2.45) is 0 Å². The van der Waals surface area contributed by atoms with E-state index in [1.807, 2.05) is 18.2 Å². The highest BCUT2D eigenvalue weighted by atomic mass is 19.1. The van der Waals surface area contributed by atoms with Crippen LogP contribution >= 0.6 is 0 Å². The van der Waals surface area contributed by atoms with Crippen LogP contribution < -0.4 is 16.2 Å². The number of rotatable bonds is 5. The molecule has 0 bridgehead atoms. The summed E-state index contributed by atoms with van der Waals surface area (Å²) in [5, 5.41) is 4.08. The number of pyridine rings is 2. The van der Waals surface area contributed by atoms with Gasteiger partial charge in [-0.1, -0.05) is 23.4 Å². The highest BCUT2D eigenvalue weighted by molar-refractivity contribution is 5.71. The Kier molecular flexibility index (Phi) is 4.59. The lowest BCUT2D eigenvalue weighted by atomic mass is 10.1. The zero-order valence-corrected chi connectivity index (χ0v) is 14.7. The molecular formula is C20H16FN5O2. The molecule has 0 atom stereocenters. The number of halogens is 1. The van der Waals surface area contributed by atoms with Crippen molar-refractivity contribution in [3.63, 3.8) is 0 Å². The predicted octanol–water partition coefficient (Wildman–Crippen LogP) is 3.82. The van der Waals surface area contributed by atoms with Crippen molar-refractivity contribution >= 4 is 11.6 Å². The SMILES string of the molecule is Nc1ccc(-c2cc(Cc3ccc(Oc4cccc(F)n4)cc3)no2)c(N)n1. The van der Waals surface area contributed by atoms with E-state index in [-0.39, 0.29) is 11.7 Å². The summed E-state index contributed by atoms with van der Waals surface area (Å²) >= 11 is 0. The number of hydrogen-bond donors (Lipinski definition) is 2. The number of aromatic nitrogens is 3. The zero-order valence-electron chi connectivity index (χ0n) is 14.7. The Morgan fingerprint density at radius 2 is 1.79 bits per heavy atom. The molecule has 0 aliphatic carbocycles. The Labute approximate surface area is 159 Å². The highest BCUT2D eigenvalue weighted by Crippen LogP contribution is 2.27. The number of ether oxygens (including phenoxy) is 1. The second kappa shape index (κ2) is 7.36. The number of nitrogens with zero attached hydrogens (tertiary/aromatic N) is 3. The van der Waals surface area contributed by atoms with Gasteiger partial charge >= 0.3 is 0 Å². The Balaban J connectivity index is 1.45. The fourth-order valence-corrected chi connectivity index (χ4v) is 2.67. The average Bonchev–Trinajstić information content (AvgIpc) is 3.11. The van der Waals surface area contributed by atoms with Crippen molar-refractivity contribution in [3.8, 4) is 23.0 Å². The van der Waals surface area contributed by atoms with Crippen molar-refractivity contribution in [2.75, 3.05) is 11.5 Å². The summed E-state index contributed by atoms with van der Waals surface area (Å²) in [7, 11) is 0. The molecule has 0 aliphatic rings. The van der Waals surface area contributed by atoms with Gasteiger partial charge in [0.1, 0.15) is 17.4 Å². The van der Waals surface area contributed by atoms with Crippen molar-refractivity contribution in [2.45, 2.75) is 6.42 Å². The fourth-order valence-electron chi connectivity index (χ4n) is 2.67. The lowest BCUT2D eigenvalue weighted by Gasteiger charge is -2.05. The number of benzene rings is 1. The second-order valence-electron chi connectivity index (χ2n) is 6.07. The van der Waals surface area contributed by atoms with Crippen LogP contribution in [0.15, 0.2) is 65.2 Å². The van der Waals surface area contributed by atoms with Gasteiger partial charge in [-0.2, -0.15) is 9.37 Å². The van der Waals surface area contributed by atoms with E-state index in [2.05, 4.69) is 15.1 Å². The Bertz CT molecular complexity index is 1110. The van der Waals surface area contributed by atoms with E-state index in [1.54, 1.807) is 30.3 Å². The Morgan fingerprint density at radius 3 is 2.54 bits per heavy atom. The van der Waals surface area contributed by atoms with E-state index in [0.29, 0.717) is 29.3 Å². The molecule has 4 rings (SSSR count). The van der Waals surface area contributed by atoms with Gasteiger partial charge in [0.2, 0.25) is 11.8 Å². The van der Waals surface area contributed by atoms with Crippen LogP contribution in [0.1, 0.15) is 11.3 Å². The van der Waals surface area contributed by atoms with Gasteiger partial charge in [-0.05, 0) is 35.9 Å². The number of hydrogen-bond acceptors (Lipinski definition) is 7. The molecule has 0 saturated carbocycles. The first kappa shape index (κ1) is 17.5. The summed E-state index contributed by atoms with van der Waals surface area (Å²) in [6.45, 7) is 0. The van der Waals surface area contributed by atoms with Gasteiger partial charge in [0, 0.05) is 18.6 Å². The normalized spacial score (nSPS) is 10.8. The van der Waals surface area contributed by atoms with Gasteiger partial charge in [-0.15, -0.1) is 0 Å². The van der Waals surface area contributed by atoms with Crippen LogP contribution in [-0.4, -0.2) is 15.1 Å².